The van der Waals surface area contributed by atoms with E-state index >= 15 is 0 Å². The molecule has 3 aromatic rings. The maximum Gasteiger partial charge on any atom is 0.340 e. The predicted molar refractivity (Wildman–Crippen MR) is 70.1 cm³/mol. The van der Waals surface area contributed by atoms with E-state index in [0.717, 1.165) is 0 Å². The molecular formula is C12H10N4O4. The average Bonchev–Trinajstić information content (AvgIpc) is 2.82. The molecule has 0 aliphatic heterocycles. The molecule has 0 fully saturated rings. The fourth-order valence-electron chi connectivity index (χ4n) is 1.94. The standard InChI is InChI=1S/C12H10N4O4/c1-20-9-4-6(17)2-3-7(9)8-5-16-10(13-8)11(18)14-12(19)15-16/h2-5,17H,1H3,(H2,14,15,18,19). The maximum atomic E-state index is 11.6. The van der Waals surface area contributed by atoms with Crippen LogP contribution in [0.1, 0.15) is 0 Å². The maximum absolute atomic E-state index is 11.6. The number of aromatic hydroxyl groups is 1. The third-order valence-electron chi connectivity index (χ3n) is 2.82. The molecule has 0 amide bonds. The Bertz CT molecular complexity index is 906. The zero-order valence-electron chi connectivity index (χ0n) is 10.4. The lowest BCUT2D eigenvalue weighted by Gasteiger charge is -2.05. The van der Waals surface area contributed by atoms with Crippen LogP contribution in [0, 0.1) is 0 Å². The summed E-state index contributed by atoms with van der Waals surface area (Å²) in [5.41, 5.74) is -0.111. The van der Waals surface area contributed by atoms with Crippen molar-refractivity contribution in [1.82, 2.24) is 19.6 Å². The average molecular weight is 274 g/mol. The van der Waals surface area contributed by atoms with E-state index in [9.17, 15) is 14.7 Å². The number of hydrogen-bond acceptors (Lipinski definition) is 5. The molecule has 0 spiro atoms. The Morgan fingerprint density at radius 2 is 2.15 bits per heavy atom. The minimum absolute atomic E-state index is 0.0561. The van der Waals surface area contributed by atoms with Gasteiger partial charge in [0.15, 0.2) is 0 Å². The minimum atomic E-state index is -0.621. The molecule has 102 valence electrons. The molecular weight excluding hydrogens is 264 g/mol. The number of aromatic amines is 2. The number of phenols is 1. The molecule has 0 aliphatic carbocycles. The second-order valence-electron chi connectivity index (χ2n) is 4.10. The Morgan fingerprint density at radius 3 is 2.90 bits per heavy atom. The molecule has 8 heteroatoms. The lowest BCUT2D eigenvalue weighted by molar-refractivity contribution is 0.409. The molecule has 2 aromatic heterocycles. The van der Waals surface area contributed by atoms with Crippen LogP contribution in [0.15, 0.2) is 34.0 Å². The summed E-state index contributed by atoms with van der Waals surface area (Å²) < 4.78 is 6.40. The highest BCUT2D eigenvalue weighted by atomic mass is 16.5. The van der Waals surface area contributed by atoms with Crippen LogP contribution < -0.4 is 16.0 Å². The largest absolute Gasteiger partial charge is 0.508 e. The number of fused-ring (bicyclic) bond motifs is 1. The summed E-state index contributed by atoms with van der Waals surface area (Å²) >= 11 is 0. The molecule has 8 nitrogen and oxygen atoms in total. The number of ether oxygens (including phenoxy) is 1. The van der Waals surface area contributed by atoms with Crippen molar-refractivity contribution in [2.24, 2.45) is 0 Å². The van der Waals surface area contributed by atoms with Crippen molar-refractivity contribution in [1.29, 1.82) is 0 Å². The van der Waals surface area contributed by atoms with Crippen LogP contribution in [-0.4, -0.2) is 31.8 Å². The molecule has 3 N–H and O–H groups in total. The van der Waals surface area contributed by atoms with E-state index in [4.69, 9.17) is 4.74 Å². The van der Waals surface area contributed by atoms with Crippen LogP contribution in [0.2, 0.25) is 0 Å². The summed E-state index contributed by atoms with van der Waals surface area (Å²) in [6.07, 6.45) is 1.50. The lowest BCUT2D eigenvalue weighted by atomic mass is 10.1. The third-order valence-corrected chi connectivity index (χ3v) is 2.82. The molecule has 0 aliphatic rings. The molecule has 20 heavy (non-hydrogen) atoms. The Balaban J connectivity index is 2.28. The molecule has 0 saturated carbocycles. The first-order chi connectivity index (χ1) is 9.58. The smallest absolute Gasteiger partial charge is 0.340 e. The van der Waals surface area contributed by atoms with Crippen LogP contribution in [0.3, 0.4) is 0 Å². The van der Waals surface area contributed by atoms with E-state index in [1.54, 1.807) is 6.07 Å². The molecule has 0 unspecified atom stereocenters. The number of nitrogens with zero attached hydrogens (tertiary/aromatic N) is 2. The van der Waals surface area contributed by atoms with Gasteiger partial charge in [0.25, 0.3) is 5.56 Å². The number of imidazole rings is 1. The number of H-pyrrole nitrogens is 2. The number of nitrogens with one attached hydrogen (secondary N) is 2. The fourth-order valence-corrected chi connectivity index (χ4v) is 1.94. The van der Waals surface area contributed by atoms with Crippen molar-refractivity contribution in [2.45, 2.75) is 0 Å². The highest BCUT2D eigenvalue weighted by Gasteiger charge is 2.12. The monoisotopic (exact) mass is 274 g/mol. The molecule has 1 aromatic carbocycles. The summed E-state index contributed by atoms with van der Waals surface area (Å²) in [4.78, 5) is 29.1. The Labute approximate surface area is 111 Å². The highest BCUT2D eigenvalue weighted by Crippen LogP contribution is 2.31. The van der Waals surface area contributed by atoms with Gasteiger partial charge in [-0.1, -0.05) is 0 Å². The van der Waals surface area contributed by atoms with Crippen molar-refractivity contribution in [3.05, 3.63) is 45.2 Å². The Kier molecular flexibility index (Phi) is 2.56. The van der Waals surface area contributed by atoms with Gasteiger partial charge in [0.05, 0.1) is 19.0 Å². The predicted octanol–water partition coefficient (Wildman–Crippen LogP) is 0.0921. The van der Waals surface area contributed by atoms with Gasteiger partial charge in [0, 0.05) is 11.6 Å². The van der Waals surface area contributed by atoms with E-state index in [1.165, 1.54) is 30.0 Å². The minimum Gasteiger partial charge on any atom is -0.508 e. The van der Waals surface area contributed by atoms with Crippen molar-refractivity contribution in [3.8, 4) is 22.8 Å². The molecule has 0 atom stereocenters. The summed E-state index contributed by atoms with van der Waals surface area (Å²) in [5.74, 6) is 0.466. The van der Waals surface area contributed by atoms with Crippen LogP contribution in [0.25, 0.3) is 16.9 Å². The number of rotatable bonds is 2. The van der Waals surface area contributed by atoms with E-state index in [0.29, 0.717) is 17.0 Å². The van der Waals surface area contributed by atoms with Gasteiger partial charge < -0.3 is 9.84 Å². The number of aromatic nitrogens is 4. The van der Waals surface area contributed by atoms with E-state index < -0.39 is 11.2 Å². The second-order valence-corrected chi connectivity index (χ2v) is 4.10. The number of methoxy groups -OCH3 is 1. The molecule has 3 rings (SSSR count). The normalized spacial score (nSPS) is 10.8. The first-order valence-electron chi connectivity index (χ1n) is 5.67. The molecule has 2 heterocycles. The van der Waals surface area contributed by atoms with Gasteiger partial charge in [0.1, 0.15) is 11.5 Å². The molecule has 0 saturated heterocycles. The zero-order valence-corrected chi connectivity index (χ0v) is 10.4. The number of benzene rings is 1. The highest BCUT2D eigenvalue weighted by molar-refractivity contribution is 5.69. The van der Waals surface area contributed by atoms with Gasteiger partial charge in [-0.15, -0.1) is 0 Å². The topological polar surface area (TPSA) is 112 Å². The number of hydrogen-bond donors (Lipinski definition) is 3. The van der Waals surface area contributed by atoms with Crippen molar-refractivity contribution < 1.29 is 9.84 Å². The van der Waals surface area contributed by atoms with Crippen LogP contribution in [0.4, 0.5) is 0 Å². The Morgan fingerprint density at radius 1 is 1.35 bits per heavy atom. The molecule has 0 bridgehead atoms. The van der Waals surface area contributed by atoms with Crippen LogP contribution >= 0.6 is 0 Å². The van der Waals surface area contributed by atoms with Crippen molar-refractivity contribution in [3.63, 3.8) is 0 Å². The van der Waals surface area contributed by atoms with Gasteiger partial charge in [0.2, 0.25) is 5.65 Å². The van der Waals surface area contributed by atoms with Gasteiger partial charge >= 0.3 is 5.69 Å². The van der Waals surface area contributed by atoms with Gasteiger partial charge in [-0.05, 0) is 12.1 Å². The summed E-state index contributed by atoms with van der Waals surface area (Å²) in [7, 11) is 1.46. The SMILES string of the molecule is COc1cc(O)ccc1-c1cn2[nH]c(=O)[nH]c(=O)c2n1. The quantitative estimate of drug-likeness (QED) is 0.613. The van der Waals surface area contributed by atoms with Gasteiger partial charge in [-0.25, -0.2) is 19.4 Å². The van der Waals surface area contributed by atoms with Crippen molar-refractivity contribution >= 4 is 5.65 Å². The number of phenolic OH excluding ortho intramolecular Hbond substituents is 1. The summed E-state index contributed by atoms with van der Waals surface area (Å²) in [5, 5.41) is 11.9. The second kappa shape index (κ2) is 4.26. The first-order valence-corrected chi connectivity index (χ1v) is 5.67. The zero-order chi connectivity index (χ0) is 14.3. The van der Waals surface area contributed by atoms with Gasteiger partial charge in [-0.2, -0.15) is 0 Å². The summed E-state index contributed by atoms with van der Waals surface area (Å²) in [6, 6.07) is 4.53. The van der Waals surface area contributed by atoms with E-state index in [1.807, 2.05) is 0 Å². The van der Waals surface area contributed by atoms with Crippen molar-refractivity contribution in [2.75, 3.05) is 7.11 Å². The summed E-state index contributed by atoms with van der Waals surface area (Å²) in [6.45, 7) is 0. The fraction of sp³-hybridized carbons (Fsp3) is 0.0833. The third kappa shape index (κ3) is 1.83. The van der Waals surface area contributed by atoms with Crippen LogP contribution in [0.5, 0.6) is 11.5 Å². The lowest BCUT2D eigenvalue weighted by Crippen LogP contribution is -2.25. The van der Waals surface area contributed by atoms with Crippen LogP contribution in [-0.2, 0) is 0 Å². The molecule has 0 radical (unpaired) electrons. The first kappa shape index (κ1) is 12.0. The van der Waals surface area contributed by atoms with E-state index in [-0.39, 0.29) is 11.4 Å². The Hall–Kier alpha value is -3.03. The van der Waals surface area contributed by atoms with E-state index in [2.05, 4.69) is 15.1 Å². The van der Waals surface area contributed by atoms with Gasteiger partial charge in [-0.3, -0.25) is 9.78 Å².